The fourth-order valence-electron chi connectivity index (χ4n) is 3.79. The molecule has 0 radical (unpaired) electrons. The number of aromatic nitrogens is 3. The van der Waals surface area contributed by atoms with Crippen molar-refractivity contribution in [2.45, 2.75) is 37.4 Å². The van der Waals surface area contributed by atoms with Gasteiger partial charge in [-0.2, -0.15) is 18.2 Å². The smallest absolute Gasteiger partial charge is 0.355 e. The van der Waals surface area contributed by atoms with Crippen molar-refractivity contribution in [1.29, 1.82) is 0 Å². The molecule has 0 saturated carbocycles. The molecular formula is C22H21ClF3N5O2. The maximum atomic E-state index is 14.3. The van der Waals surface area contributed by atoms with Crippen LogP contribution in [0.25, 0.3) is 0 Å². The molecule has 1 aromatic carbocycles. The van der Waals surface area contributed by atoms with E-state index in [1.807, 2.05) is 0 Å². The van der Waals surface area contributed by atoms with E-state index in [1.54, 1.807) is 55.1 Å². The molecule has 4 rings (SSSR count). The fraction of sp³-hybridized carbons (Fsp3) is 0.364. The van der Waals surface area contributed by atoms with E-state index in [4.69, 9.17) is 16.1 Å². The van der Waals surface area contributed by atoms with Crippen LogP contribution in [-0.2, 0) is 11.0 Å². The maximum Gasteiger partial charge on any atom is 0.405 e. The van der Waals surface area contributed by atoms with Gasteiger partial charge >= 0.3 is 6.18 Å². The van der Waals surface area contributed by atoms with Gasteiger partial charge in [-0.3, -0.25) is 4.79 Å². The standard InChI is InChI=1S/C22H21ClF3N5O2/c1-20(2,29-17(32)14-6-5-7-15(23)12-14)18-28-19(33-30-18)21(22(24,25)26)9-11-31(13-21)16-8-3-4-10-27-16/h3-8,10,12H,9,11,13H2,1-2H3,(H,29,32). The number of alkyl halides is 3. The maximum absolute atomic E-state index is 14.3. The normalized spacial score (nSPS) is 19.0. The summed E-state index contributed by atoms with van der Waals surface area (Å²) in [5.41, 5.74) is -3.25. The summed E-state index contributed by atoms with van der Waals surface area (Å²) in [5, 5.41) is 6.90. The van der Waals surface area contributed by atoms with Gasteiger partial charge in [0.25, 0.3) is 5.91 Å². The van der Waals surface area contributed by atoms with Gasteiger partial charge < -0.3 is 14.7 Å². The van der Waals surface area contributed by atoms with E-state index in [1.165, 1.54) is 12.3 Å². The number of amides is 1. The van der Waals surface area contributed by atoms with Crippen molar-refractivity contribution in [3.63, 3.8) is 0 Å². The summed E-state index contributed by atoms with van der Waals surface area (Å²) in [6, 6.07) is 11.4. The number of pyridine rings is 1. The van der Waals surface area contributed by atoms with Crippen molar-refractivity contribution >= 4 is 23.3 Å². The van der Waals surface area contributed by atoms with Gasteiger partial charge in [-0.25, -0.2) is 4.98 Å². The third-order valence-corrected chi connectivity index (χ3v) is 5.93. The molecule has 1 aliphatic rings. The molecule has 33 heavy (non-hydrogen) atoms. The molecule has 3 heterocycles. The molecule has 1 aliphatic heterocycles. The van der Waals surface area contributed by atoms with Gasteiger partial charge in [-0.05, 0) is 50.6 Å². The molecule has 3 aromatic rings. The number of nitrogens with one attached hydrogen (secondary N) is 1. The second-order valence-electron chi connectivity index (χ2n) is 8.45. The van der Waals surface area contributed by atoms with Crippen LogP contribution in [0.15, 0.2) is 53.2 Å². The number of rotatable bonds is 5. The Balaban J connectivity index is 1.60. The molecule has 0 aliphatic carbocycles. The Morgan fingerprint density at radius 1 is 1.21 bits per heavy atom. The number of carbonyl (C=O) groups excluding carboxylic acids is 1. The van der Waals surface area contributed by atoms with Gasteiger partial charge in [0, 0.05) is 29.9 Å². The highest BCUT2D eigenvalue weighted by Crippen LogP contribution is 2.48. The van der Waals surface area contributed by atoms with E-state index in [2.05, 4.69) is 20.4 Å². The van der Waals surface area contributed by atoms with Gasteiger partial charge in [0.1, 0.15) is 5.82 Å². The van der Waals surface area contributed by atoms with Gasteiger partial charge in [0.05, 0.1) is 5.54 Å². The van der Waals surface area contributed by atoms with Crippen molar-refractivity contribution in [2.75, 3.05) is 18.0 Å². The topological polar surface area (TPSA) is 84.2 Å². The van der Waals surface area contributed by atoms with Crippen molar-refractivity contribution in [3.05, 3.63) is 71.0 Å². The van der Waals surface area contributed by atoms with Crippen molar-refractivity contribution in [3.8, 4) is 0 Å². The first-order valence-corrected chi connectivity index (χ1v) is 10.6. The van der Waals surface area contributed by atoms with Gasteiger partial charge in [0.2, 0.25) is 5.89 Å². The summed E-state index contributed by atoms with van der Waals surface area (Å²) in [7, 11) is 0. The Labute approximate surface area is 192 Å². The Hall–Kier alpha value is -3.14. The van der Waals surface area contributed by atoms with Crippen LogP contribution in [0, 0.1) is 0 Å². The molecule has 1 N–H and O–H groups in total. The van der Waals surface area contributed by atoms with Gasteiger partial charge in [-0.1, -0.05) is 28.9 Å². The van der Waals surface area contributed by atoms with E-state index in [9.17, 15) is 18.0 Å². The minimum absolute atomic E-state index is 0.0622. The number of halogens is 4. The number of nitrogens with zero attached hydrogens (tertiary/aromatic N) is 4. The quantitative estimate of drug-likeness (QED) is 0.580. The molecule has 7 nitrogen and oxygen atoms in total. The Morgan fingerprint density at radius 3 is 2.67 bits per heavy atom. The SMILES string of the molecule is CC(C)(NC(=O)c1cccc(Cl)c1)c1noc(C2(C(F)(F)F)CCN(c3ccccn3)C2)n1. The van der Waals surface area contributed by atoms with E-state index in [0.29, 0.717) is 16.4 Å². The summed E-state index contributed by atoms with van der Waals surface area (Å²) in [5.74, 6) is -0.625. The average Bonchev–Trinajstić information content (AvgIpc) is 3.43. The van der Waals surface area contributed by atoms with E-state index < -0.39 is 35.5 Å². The summed E-state index contributed by atoms with van der Waals surface area (Å²) < 4.78 is 48.1. The largest absolute Gasteiger partial charge is 0.405 e. The number of hydrogen-bond acceptors (Lipinski definition) is 6. The number of hydrogen-bond donors (Lipinski definition) is 1. The molecule has 1 amide bonds. The first kappa shape index (κ1) is 23.0. The van der Waals surface area contributed by atoms with Crippen LogP contribution < -0.4 is 10.2 Å². The predicted molar refractivity (Wildman–Crippen MR) is 115 cm³/mol. The Bertz CT molecular complexity index is 1150. The van der Waals surface area contributed by atoms with E-state index in [-0.39, 0.29) is 18.8 Å². The molecule has 1 saturated heterocycles. The fourth-order valence-corrected chi connectivity index (χ4v) is 3.98. The second kappa shape index (κ2) is 8.33. The van der Waals surface area contributed by atoms with Crippen LogP contribution in [0.3, 0.4) is 0 Å². The molecule has 2 aromatic heterocycles. The Kier molecular flexibility index (Phi) is 5.81. The van der Waals surface area contributed by atoms with Crippen LogP contribution in [0.2, 0.25) is 5.02 Å². The van der Waals surface area contributed by atoms with Crippen molar-refractivity contribution in [1.82, 2.24) is 20.4 Å². The van der Waals surface area contributed by atoms with Crippen LogP contribution in [0.4, 0.5) is 19.0 Å². The molecule has 11 heteroatoms. The monoisotopic (exact) mass is 479 g/mol. The second-order valence-corrected chi connectivity index (χ2v) is 8.89. The van der Waals surface area contributed by atoms with Crippen LogP contribution in [0.5, 0.6) is 0 Å². The first-order valence-electron chi connectivity index (χ1n) is 10.2. The highest BCUT2D eigenvalue weighted by Gasteiger charge is 2.63. The third kappa shape index (κ3) is 4.39. The van der Waals surface area contributed by atoms with Gasteiger partial charge in [0.15, 0.2) is 11.2 Å². The van der Waals surface area contributed by atoms with E-state index >= 15 is 0 Å². The lowest BCUT2D eigenvalue weighted by atomic mass is 9.86. The molecule has 1 atom stereocenters. The number of benzene rings is 1. The summed E-state index contributed by atoms with van der Waals surface area (Å²) in [6.45, 7) is 2.89. The van der Waals surface area contributed by atoms with Crippen molar-refractivity contribution in [2.24, 2.45) is 0 Å². The molecule has 1 unspecified atom stereocenters. The highest BCUT2D eigenvalue weighted by molar-refractivity contribution is 6.30. The molecule has 1 fully saturated rings. The number of carbonyl (C=O) groups is 1. The van der Waals surface area contributed by atoms with Crippen molar-refractivity contribution < 1.29 is 22.5 Å². The lowest BCUT2D eigenvalue weighted by molar-refractivity contribution is -0.191. The molecule has 0 spiro atoms. The minimum Gasteiger partial charge on any atom is -0.355 e. The van der Waals surface area contributed by atoms with Crippen LogP contribution in [-0.4, -0.2) is 40.3 Å². The Morgan fingerprint density at radius 2 is 2.00 bits per heavy atom. The van der Waals surface area contributed by atoms with Crippen LogP contribution >= 0.6 is 11.6 Å². The zero-order chi connectivity index (χ0) is 23.9. The van der Waals surface area contributed by atoms with Gasteiger partial charge in [-0.15, -0.1) is 0 Å². The first-order chi connectivity index (χ1) is 15.5. The average molecular weight is 480 g/mol. The molecule has 0 bridgehead atoms. The third-order valence-electron chi connectivity index (χ3n) is 5.69. The van der Waals surface area contributed by atoms with Crippen LogP contribution in [0.1, 0.15) is 42.3 Å². The minimum atomic E-state index is -4.63. The summed E-state index contributed by atoms with van der Waals surface area (Å²) >= 11 is 5.93. The molecule has 174 valence electrons. The lowest BCUT2D eigenvalue weighted by Crippen LogP contribution is -2.46. The predicted octanol–water partition coefficient (Wildman–Crippen LogP) is 4.49. The summed E-state index contributed by atoms with van der Waals surface area (Å²) in [6.07, 6.45) is -3.36. The zero-order valence-corrected chi connectivity index (χ0v) is 18.6. The zero-order valence-electron chi connectivity index (χ0n) is 17.9. The summed E-state index contributed by atoms with van der Waals surface area (Å²) in [4.78, 5) is 22.4. The lowest BCUT2D eigenvalue weighted by Gasteiger charge is -2.28. The number of anilines is 1. The highest BCUT2D eigenvalue weighted by atomic mass is 35.5. The molecular weight excluding hydrogens is 459 g/mol. The van der Waals surface area contributed by atoms with E-state index in [0.717, 1.165) is 0 Å².